The molecule has 0 spiro atoms. The summed E-state index contributed by atoms with van der Waals surface area (Å²) >= 11 is 0. The number of benzene rings is 2. The molecule has 0 radical (unpaired) electrons. The molecule has 2 aromatic rings. The molecule has 1 fully saturated rings. The summed E-state index contributed by atoms with van der Waals surface area (Å²) in [5, 5.41) is 15.8. The molecular weight excluding hydrogens is 458 g/mol. The van der Waals surface area contributed by atoms with Crippen molar-refractivity contribution >= 4 is 12.0 Å². The van der Waals surface area contributed by atoms with E-state index in [1.165, 1.54) is 0 Å². The lowest BCUT2D eigenvalue weighted by Crippen LogP contribution is -2.51. The van der Waals surface area contributed by atoms with E-state index in [1.54, 1.807) is 19.2 Å². The third kappa shape index (κ3) is 6.77. The van der Waals surface area contributed by atoms with Crippen LogP contribution in [-0.2, 0) is 10.2 Å². The van der Waals surface area contributed by atoms with Crippen LogP contribution in [0, 0.1) is 5.92 Å². The third-order valence-corrected chi connectivity index (χ3v) is 7.42. The van der Waals surface area contributed by atoms with Gasteiger partial charge in [-0.1, -0.05) is 62.7 Å². The molecule has 196 valence electrons. The van der Waals surface area contributed by atoms with Gasteiger partial charge in [-0.15, -0.1) is 0 Å². The fourth-order valence-corrected chi connectivity index (χ4v) is 4.78. The molecule has 36 heavy (non-hydrogen) atoms. The molecule has 2 amide bonds. The Balaban J connectivity index is 1.63. The standard InChI is InChI=1S/C28H39N3O5/c1-4-19(2)24(29)26(33)31-27(34)36-21-14-16-28(17-15-21,20-10-6-5-7-11-20)18-30-25(32)22-12-8-9-13-23(22)35-3/h5-13,19,21,24,26,33H,4,14-18,29H2,1-3H3,(H,30,32)(H,31,34)/t19-,21?,24-,26-,28?/m0/s1. The molecule has 5 N–H and O–H groups in total. The van der Waals surface area contributed by atoms with Crippen LogP contribution in [0.5, 0.6) is 5.75 Å². The van der Waals surface area contributed by atoms with Gasteiger partial charge in [0, 0.05) is 12.0 Å². The van der Waals surface area contributed by atoms with Gasteiger partial charge in [0.05, 0.1) is 18.7 Å². The molecule has 3 atom stereocenters. The number of nitrogens with one attached hydrogen (secondary N) is 2. The van der Waals surface area contributed by atoms with Crippen molar-refractivity contribution in [1.82, 2.24) is 10.6 Å². The molecule has 3 rings (SSSR count). The van der Waals surface area contributed by atoms with Gasteiger partial charge in [-0.3, -0.25) is 10.1 Å². The highest BCUT2D eigenvalue weighted by molar-refractivity contribution is 5.97. The van der Waals surface area contributed by atoms with Crippen LogP contribution >= 0.6 is 0 Å². The van der Waals surface area contributed by atoms with Crippen LogP contribution in [0.4, 0.5) is 4.79 Å². The van der Waals surface area contributed by atoms with E-state index in [0.717, 1.165) is 24.8 Å². The lowest BCUT2D eigenvalue weighted by Gasteiger charge is -2.40. The second kappa shape index (κ2) is 12.7. The van der Waals surface area contributed by atoms with Crippen LogP contribution < -0.4 is 21.1 Å². The van der Waals surface area contributed by atoms with Gasteiger partial charge in [-0.2, -0.15) is 0 Å². The zero-order chi connectivity index (χ0) is 26.1. The van der Waals surface area contributed by atoms with Crippen molar-refractivity contribution in [3.63, 3.8) is 0 Å². The Bertz CT molecular complexity index is 992. The maximum Gasteiger partial charge on any atom is 0.409 e. The summed E-state index contributed by atoms with van der Waals surface area (Å²) in [6.07, 6.45) is 1.44. The minimum absolute atomic E-state index is 0.0625. The smallest absolute Gasteiger partial charge is 0.409 e. The van der Waals surface area contributed by atoms with Crippen molar-refractivity contribution in [2.75, 3.05) is 13.7 Å². The number of ether oxygens (including phenoxy) is 2. The average molecular weight is 498 g/mol. The summed E-state index contributed by atoms with van der Waals surface area (Å²) in [5.74, 6) is 0.404. The fourth-order valence-electron chi connectivity index (χ4n) is 4.78. The average Bonchev–Trinajstić information content (AvgIpc) is 2.92. The Hall–Kier alpha value is -3.10. The van der Waals surface area contributed by atoms with E-state index in [-0.39, 0.29) is 23.3 Å². The number of rotatable bonds is 10. The molecule has 0 heterocycles. The number of aliphatic hydroxyl groups is 1. The monoisotopic (exact) mass is 497 g/mol. The van der Waals surface area contributed by atoms with Gasteiger partial charge in [0.2, 0.25) is 0 Å². The van der Waals surface area contributed by atoms with Crippen molar-refractivity contribution in [3.05, 3.63) is 65.7 Å². The summed E-state index contributed by atoms with van der Waals surface area (Å²) in [6.45, 7) is 4.36. The van der Waals surface area contributed by atoms with Crippen molar-refractivity contribution in [1.29, 1.82) is 0 Å². The quantitative estimate of drug-likeness (QED) is 0.371. The summed E-state index contributed by atoms with van der Waals surface area (Å²) in [5.41, 5.74) is 7.36. The topological polar surface area (TPSA) is 123 Å². The van der Waals surface area contributed by atoms with Crippen LogP contribution in [0.1, 0.15) is 61.9 Å². The van der Waals surface area contributed by atoms with Gasteiger partial charge >= 0.3 is 6.09 Å². The lowest BCUT2D eigenvalue weighted by atomic mass is 9.68. The van der Waals surface area contributed by atoms with E-state index in [0.29, 0.717) is 30.7 Å². The Morgan fingerprint density at radius 3 is 2.39 bits per heavy atom. The number of nitrogens with two attached hydrogens (primary N) is 1. The maximum atomic E-state index is 13.0. The van der Waals surface area contributed by atoms with Gasteiger partial charge in [-0.05, 0) is 49.3 Å². The first-order chi connectivity index (χ1) is 17.3. The molecule has 8 heteroatoms. The minimum atomic E-state index is -1.16. The molecule has 8 nitrogen and oxygen atoms in total. The van der Waals surface area contributed by atoms with Crippen LogP contribution in [0.3, 0.4) is 0 Å². The molecule has 0 aliphatic heterocycles. The molecule has 0 bridgehead atoms. The van der Waals surface area contributed by atoms with Crippen LogP contribution in [0.15, 0.2) is 54.6 Å². The SMILES string of the molecule is CC[C@H](C)[C@H](N)[C@H](O)NC(=O)OC1CCC(CNC(=O)c2ccccc2OC)(c2ccccc2)CC1. The molecule has 2 aromatic carbocycles. The zero-order valence-corrected chi connectivity index (χ0v) is 21.4. The molecule has 0 aromatic heterocycles. The van der Waals surface area contributed by atoms with E-state index < -0.39 is 18.4 Å². The molecule has 1 aliphatic rings. The van der Waals surface area contributed by atoms with Crippen molar-refractivity contribution < 1.29 is 24.2 Å². The Kier molecular flexibility index (Phi) is 9.73. The second-order valence-corrected chi connectivity index (χ2v) is 9.69. The Morgan fingerprint density at radius 1 is 1.11 bits per heavy atom. The van der Waals surface area contributed by atoms with Crippen LogP contribution in [0.2, 0.25) is 0 Å². The lowest BCUT2D eigenvalue weighted by molar-refractivity contribution is 0.0325. The molecular formula is C28H39N3O5. The largest absolute Gasteiger partial charge is 0.496 e. The van der Waals surface area contributed by atoms with E-state index in [9.17, 15) is 14.7 Å². The second-order valence-electron chi connectivity index (χ2n) is 9.69. The molecule has 0 unspecified atom stereocenters. The number of para-hydroxylation sites is 1. The fraction of sp³-hybridized carbons (Fsp3) is 0.500. The normalized spacial score (nSPS) is 22.1. The number of hydrogen-bond acceptors (Lipinski definition) is 6. The van der Waals surface area contributed by atoms with E-state index in [2.05, 4.69) is 22.8 Å². The van der Waals surface area contributed by atoms with Gasteiger partial charge in [0.1, 0.15) is 18.1 Å². The van der Waals surface area contributed by atoms with Crippen LogP contribution in [-0.4, -0.2) is 49.1 Å². The summed E-state index contributed by atoms with van der Waals surface area (Å²) in [4.78, 5) is 25.4. The van der Waals surface area contributed by atoms with Crippen molar-refractivity contribution in [2.45, 2.75) is 69.7 Å². The molecule has 1 aliphatic carbocycles. The highest BCUT2D eigenvalue weighted by Gasteiger charge is 2.38. The molecule has 1 saturated carbocycles. The number of hydrogen-bond donors (Lipinski definition) is 4. The summed E-state index contributed by atoms with van der Waals surface area (Å²) in [7, 11) is 1.55. The minimum Gasteiger partial charge on any atom is -0.496 e. The van der Waals surface area contributed by atoms with Crippen molar-refractivity contribution in [3.8, 4) is 5.75 Å². The highest BCUT2D eigenvalue weighted by Crippen LogP contribution is 2.40. The number of methoxy groups -OCH3 is 1. The van der Waals surface area contributed by atoms with E-state index >= 15 is 0 Å². The third-order valence-electron chi connectivity index (χ3n) is 7.42. The number of amides is 2. The number of aliphatic hydroxyl groups excluding tert-OH is 1. The summed E-state index contributed by atoms with van der Waals surface area (Å²) < 4.78 is 11.0. The highest BCUT2D eigenvalue weighted by atomic mass is 16.6. The molecule has 0 saturated heterocycles. The van der Waals surface area contributed by atoms with Gasteiger partial charge in [0.15, 0.2) is 0 Å². The van der Waals surface area contributed by atoms with Crippen molar-refractivity contribution in [2.24, 2.45) is 11.7 Å². The Labute approximate surface area is 213 Å². The number of carbonyl (C=O) groups is 2. The predicted molar refractivity (Wildman–Crippen MR) is 139 cm³/mol. The first-order valence-corrected chi connectivity index (χ1v) is 12.7. The van der Waals surface area contributed by atoms with Gasteiger partial charge in [-0.25, -0.2) is 4.79 Å². The zero-order valence-electron chi connectivity index (χ0n) is 21.4. The number of alkyl carbamates (subject to hydrolysis) is 1. The number of carbonyl (C=O) groups excluding carboxylic acids is 2. The first-order valence-electron chi connectivity index (χ1n) is 12.7. The van der Waals surface area contributed by atoms with E-state index in [1.807, 2.05) is 44.2 Å². The van der Waals surface area contributed by atoms with Crippen LogP contribution in [0.25, 0.3) is 0 Å². The maximum absolute atomic E-state index is 13.0. The van der Waals surface area contributed by atoms with Gasteiger partial charge < -0.3 is 25.6 Å². The predicted octanol–water partition coefficient (Wildman–Crippen LogP) is 3.72. The van der Waals surface area contributed by atoms with Gasteiger partial charge in [0.25, 0.3) is 5.91 Å². The first kappa shape index (κ1) is 27.5. The summed E-state index contributed by atoms with van der Waals surface area (Å²) in [6, 6.07) is 16.7. The Morgan fingerprint density at radius 2 is 1.75 bits per heavy atom. The van der Waals surface area contributed by atoms with E-state index in [4.69, 9.17) is 15.2 Å².